The summed E-state index contributed by atoms with van der Waals surface area (Å²) in [6.07, 6.45) is -0.756. The number of carbonyl (C=O) groups excluding carboxylic acids is 2. The molecule has 0 aliphatic carbocycles. The number of cyclic esters (lactones) is 1. The monoisotopic (exact) mass is 373 g/mol. The van der Waals surface area contributed by atoms with Gasteiger partial charge >= 0.3 is 6.09 Å². The van der Waals surface area contributed by atoms with E-state index >= 15 is 0 Å². The Morgan fingerprint density at radius 3 is 2.36 bits per heavy atom. The van der Waals surface area contributed by atoms with Crippen LogP contribution in [-0.4, -0.2) is 31.1 Å². The van der Waals surface area contributed by atoms with Crippen LogP contribution in [0.4, 0.5) is 10.5 Å². The molecule has 1 unspecified atom stereocenters. The second kappa shape index (κ2) is 7.96. The Hall–Kier alpha value is -3.60. The van der Waals surface area contributed by atoms with Crippen LogP contribution in [0.1, 0.15) is 15.9 Å². The minimum Gasteiger partial charge on any atom is -0.490 e. The van der Waals surface area contributed by atoms with Crippen LogP contribution in [0.5, 0.6) is 5.75 Å². The van der Waals surface area contributed by atoms with E-state index in [4.69, 9.17) is 9.47 Å². The van der Waals surface area contributed by atoms with E-state index in [2.05, 4.69) is 0 Å². The number of nitrogens with zero attached hydrogens (tertiary/aromatic N) is 1. The molecule has 0 N–H and O–H groups in total. The molecule has 5 nitrogen and oxygen atoms in total. The third kappa shape index (κ3) is 3.88. The molecule has 1 atom stereocenters. The van der Waals surface area contributed by atoms with Gasteiger partial charge in [0.2, 0.25) is 0 Å². The predicted octanol–water partition coefficient (Wildman–Crippen LogP) is 4.32. The van der Waals surface area contributed by atoms with Crippen LogP contribution in [0.25, 0.3) is 0 Å². The molecule has 1 aliphatic rings. The molecule has 1 aliphatic heterocycles. The molecule has 140 valence electrons. The van der Waals surface area contributed by atoms with E-state index in [-0.39, 0.29) is 24.6 Å². The third-order valence-corrected chi connectivity index (χ3v) is 4.51. The zero-order valence-corrected chi connectivity index (χ0v) is 15.2. The van der Waals surface area contributed by atoms with Gasteiger partial charge in [-0.2, -0.15) is 0 Å². The second-order valence-electron chi connectivity index (χ2n) is 6.49. The highest BCUT2D eigenvalue weighted by Crippen LogP contribution is 2.22. The molecular weight excluding hydrogens is 354 g/mol. The molecule has 0 aromatic heterocycles. The van der Waals surface area contributed by atoms with E-state index in [1.54, 1.807) is 41.3 Å². The Morgan fingerprint density at radius 2 is 1.61 bits per heavy atom. The summed E-state index contributed by atoms with van der Waals surface area (Å²) in [7, 11) is 0. The molecule has 0 radical (unpaired) electrons. The Labute approximate surface area is 163 Å². The van der Waals surface area contributed by atoms with Crippen molar-refractivity contribution in [1.29, 1.82) is 0 Å². The van der Waals surface area contributed by atoms with Crippen LogP contribution in [0, 0.1) is 0 Å². The highest BCUT2D eigenvalue weighted by molar-refractivity contribution is 6.09. The van der Waals surface area contributed by atoms with Gasteiger partial charge in [-0.1, -0.05) is 60.7 Å². The van der Waals surface area contributed by atoms with Crippen molar-refractivity contribution in [1.82, 2.24) is 0 Å². The largest absolute Gasteiger partial charge is 0.490 e. The van der Waals surface area contributed by atoms with E-state index in [0.717, 1.165) is 5.69 Å². The van der Waals surface area contributed by atoms with E-state index in [0.29, 0.717) is 23.4 Å². The summed E-state index contributed by atoms with van der Waals surface area (Å²) in [6, 6.07) is 25.5. The van der Waals surface area contributed by atoms with Crippen LogP contribution in [-0.2, 0) is 4.74 Å². The highest BCUT2D eigenvalue weighted by atomic mass is 16.6. The topological polar surface area (TPSA) is 55.8 Å². The van der Waals surface area contributed by atoms with Gasteiger partial charge in [0.1, 0.15) is 12.4 Å². The minimum absolute atomic E-state index is 0.0615. The number of hydrogen-bond acceptors (Lipinski definition) is 4. The summed E-state index contributed by atoms with van der Waals surface area (Å²) in [5, 5.41) is 0. The molecule has 5 heteroatoms. The fraction of sp³-hybridized carbons (Fsp3) is 0.130. The van der Waals surface area contributed by atoms with Gasteiger partial charge in [0.05, 0.1) is 6.54 Å². The maximum absolute atomic E-state index is 12.6. The van der Waals surface area contributed by atoms with E-state index < -0.39 is 0 Å². The zero-order chi connectivity index (χ0) is 19.3. The maximum Gasteiger partial charge on any atom is 0.414 e. The van der Waals surface area contributed by atoms with Gasteiger partial charge in [-0.05, 0) is 24.3 Å². The molecular formula is C23H19NO4. The molecule has 3 aromatic rings. The van der Waals surface area contributed by atoms with Gasteiger partial charge in [-0.15, -0.1) is 0 Å². The minimum atomic E-state index is -0.382. The number of hydrogen-bond donors (Lipinski definition) is 0. The Bertz CT molecular complexity index is 972. The first-order chi connectivity index (χ1) is 13.7. The summed E-state index contributed by atoms with van der Waals surface area (Å²) in [5.41, 5.74) is 1.98. The van der Waals surface area contributed by atoms with Gasteiger partial charge in [-0.25, -0.2) is 4.79 Å². The first kappa shape index (κ1) is 17.8. The number of carbonyl (C=O) groups is 2. The molecule has 0 bridgehead atoms. The van der Waals surface area contributed by atoms with E-state index in [1.165, 1.54) is 0 Å². The molecule has 0 spiro atoms. The average molecular weight is 373 g/mol. The summed E-state index contributed by atoms with van der Waals surface area (Å²) in [6.45, 7) is 0.642. The van der Waals surface area contributed by atoms with Crippen LogP contribution in [0.3, 0.4) is 0 Å². The fourth-order valence-corrected chi connectivity index (χ4v) is 3.10. The number of ether oxygens (including phenoxy) is 2. The number of amides is 1. The zero-order valence-electron chi connectivity index (χ0n) is 15.2. The van der Waals surface area contributed by atoms with Crippen molar-refractivity contribution in [3.8, 4) is 5.75 Å². The SMILES string of the molecule is O=C(c1ccccc1)c1cccc(OCC2CN(c3ccccc3)C(=O)O2)c1. The van der Waals surface area contributed by atoms with Crippen molar-refractivity contribution in [2.45, 2.75) is 6.10 Å². The molecule has 0 saturated carbocycles. The van der Waals surface area contributed by atoms with Crippen LogP contribution < -0.4 is 9.64 Å². The smallest absolute Gasteiger partial charge is 0.414 e. The Morgan fingerprint density at radius 1 is 0.929 bits per heavy atom. The third-order valence-electron chi connectivity index (χ3n) is 4.51. The van der Waals surface area contributed by atoms with Crippen molar-refractivity contribution in [3.05, 3.63) is 96.1 Å². The lowest BCUT2D eigenvalue weighted by molar-refractivity contribution is 0.103. The quantitative estimate of drug-likeness (QED) is 0.604. The lowest BCUT2D eigenvalue weighted by atomic mass is 10.0. The number of rotatable bonds is 6. The summed E-state index contributed by atoms with van der Waals surface area (Å²) in [4.78, 5) is 26.3. The first-order valence-corrected chi connectivity index (χ1v) is 9.06. The number of anilines is 1. The molecule has 3 aromatic carbocycles. The predicted molar refractivity (Wildman–Crippen MR) is 106 cm³/mol. The van der Waals surface area contributed by atoms with E-state index in [9.17, 15) is 9.59 Å². The van der Waals surface area contributed by atoms with Crippen LogP contribution in [0.2, 0.25) is 0 Å². The van der Waals surface area contributed by atoms with Crippen LogP contribution in [0.15, 0.2) is 84.9 Å². The first-order valence-electron chi connectivity index (χ1n) is 9.06. The normalized spacial score (nSPS) is 15.9. The molecule has 1 saturated heterocycles. The van der Waals surface area contributed by atoms with Crippen molar-refractivity contribution in [2.75, 3.05) is 18.1 Å². The Kier molecular flexibility index (Phi) is 5.06. The highest BCUT2D eigenvalue weighted by Gasteiger charge is 2.32. The van der Waals surface area contributed by atoms with Crippen molar-refractivity contribution >= 4 is 17.6 Å². The van der Waals surface area contributed by atoms with E-state index in [1.807, 2.05) is 48.5 Å². The molecule has 28 heavy (non-hydrogen) atoms. The standard InChI is InChI=1S/C23H19NO4/c25-22(17-8-3-1-4-9-17)18-10-7-13-20(14-18)27-16-21-15-24(23(26)28-21)19-11-5-2-6-12-19/h1-14,21H,15-16H2. The van der Waals surface area contributed by atoms with Gasteiger partial charge in [0.25, 0.3) is 0 Å². The van der Waals surface area contributed by atoms with Crippen molar-refractivity contribution in [3.63, 3.8) is 0 Å². The summed E-state index contributed by atoms with van der Waals surface area (Å²) in [5.74, 6) is 0.504. The van der Waals surface area contributed by atoms with Crippen molar-refractivity contribution in [2.24, 2.45) is 0 Å². The average Bonchev–Trinajstić information content (AvgIpc) is 3.14. The Balaban J connectivity index is 1.39. The lowest BCUT2D eigenvalue weighted by Crippen LogP contribution is -2.26. The molecule has 1 fully saturated rings. The van der Waals surface area contributed by atoms with Crippen LogP contribution >= 0.6 is 0 Å². The summed E-state index contributed by atoms with van der Waals surface area (Å²) < 4.78 is 11.2. The van der Waals surface area contributed by atoms with Gasteiger partial charge in [0, 0.05) is 16.8 Å². The van der Waals surface area contributed by atoms with Gasteiger partial charge in [-0.3, -0.25) is 9.69 Å². The number of para-hydroxylation sites is 1. The van der Waals surface area contributed by atoms with Gasteiger partial charge < -0.3 is 9.47 Å². The second-order valence-corrected chi connectivity index (χ2v) is 6.49. The lowest BCUT2D eigenvalue weighted by Gasteiger charge is -2.13. The number of ketones is 1. The number of benzene rings is 3. The summed E-state index contributed by atoms with van der Waals surface area (Å²) >= 11 is 0. The van der Waals surface area contributed by atoms with Gasteiger partial charge in [0.15, 0.2) is 11.9 Å². The molecule has 1 amide bonds. The van der Waals surface area contributed by atoms with Crippen molar-refractivity contribution < 1.29 is 19.1 Å². The maximum atomic E-state index is 12.6. The molecule has 1 heterocycles. The fourth-order valence-electron chi connectivity index (χ4n) is 3.10. The molecule has 4 rings (SSSR count).